The number of piperidine rings is 1. The second kappa shape index (κ2) is 6.95. The highest BCUT2D eigenvalue weighted by Gasteiger charge is 2.29. The molecule has 0 spiro atoms. The highest BCUT2D eigenvalue weighted by Crippen LogP contribution is 2.38. The van der Waals surface area contributed by atoms with Gasteiger partial charge in [-0.2, -0.15) is 0 Å². The zero-order valence-corrected chi connectivity index (χ0v) is 13.9. The lowest BCUT2D eigenvalue weighted by atomic mass is 9.98. The molecule has 1 fully saturated rings. The summed E-state index contributed by atoms with van der Waals surface area (Å²) in [6, 6.07) is 1.56. The number of hydrogen-bond donors (Lipinski definition) is 3. The molecule has 4 N–H and O–H groups in total. The van der Waals surface area contributed by atoms with Crippen molar-refractivity contribution in [1.82, 2.24) is 10.6 Å². The summed E-state index contributed by atoms with van der Waals surface area (Å²) in [6.07, 6.45) is 2.42. The van der Waals surface area contributed by atoms with Crippen LogP contribution in [0.15, 0.2) is 6.07 Å². The summed E-state index contributed by atoms with van der Waals surface area (Å²) in [5.74, 6) is 0.373. The maximum absolute atomic E-state index is 12.7. The highest BCUT2D eigenvalue weighted by atomic mass is 35.5. The van der Waals surface area contributed by atoms with E-state index in [1.165, 1.54) is 0 Å². The number of amides is 1. The van der Waals surface area contributed by atoms with Crippen molar-refractivity contribution >= 4 is 23.2 Å². The predicted octanol–water partition coefficient (Wildman–Crippen LogP) is 1.35. The van der Waals surface area contributed by atoms with Crippen LogP contribution in [-0.4, -0.2) is 44.9 Å². The Morgan fingerprint density at radius 2 is 2.39 bits per heavy atom. The summed E-state index contributed by atoms with van der Waals surface area (Å²) >= 11 is 6.20. The SMILES string of the molecule is CO[C@H]1CNCC[C@H]1NC(=O)c1cc(Cl)c(N)c2c1OCCC2. The fraction of sp³-hybridized carbons (Fsp3) is 0.562. The minimum Gasteiger partial charge on any atom is -0.492 e. The molecule has 1 saturated heterocycles. The summed E-state index contributed by atoms with van der Waals surface area (Å²) in [5, 5.41) is 6.70. The Hall–Kier alpha value is -1.50. The summed E-state index contributed by atoms with van der Waals surface area (Å²) < 4.78 is 11.2. The zero-order valence-electron chi connectivity index (χ0n) is 13.2. The Morgan fingerprint density at radius 1 is 1.57 bits per heavy atom. The van der Waals surface area contributed by atoms with Crippen molar-refractivity contribution in [2.24, 2.45) is 0 Å². The van der Waals surface area contributed by atoms with Crippen LogP contribution in [-0.2, 0) is 11.2 Å². The number of carbonyl (C=O) groups excluding carboxylic acids is 1. The van der Waals surface area contributed by atoms with E-state index >= 15 is 0 Å². The quantitative estimate of drug-likeness (QED) is 0.724. The van der Waals surface area contributed by atoms with Crippen molar-refractivity contribution in [3.05, 3.63) is 22.2 Å². The molecule has 7 heteroatoms. The molecule has 0 radical (unpaired) electrons. The van der Waals surface area contributed by atoms with Crippen molar-refractivity contribution in [3.63, 3.8) is 0 Å². The van der Waals surface area contributed by atoms with E-state index < -0.39 is 0 Å². The smallest absolute Gasteiger partial charge is 0.255 e. The van der Waals surface area contributed by atoms with Gasteiger partial charge in [-0.3, -0.25) is 4.79 Å². The molecule has 0 aliphatic carbocycles. The minimum absolute atomic E-state index is 0.0377. The van der Waals surface area contributed by atoms with E-state index in [4.69, 9.17) is 26.8 Å². The Balaban J connectivity index is 1.86. The first-order valence-corrected chi connectivity index (χ1v) is 8.27. The standard InChI is InChI=1S/C16H22ClN3O3/c1-22-13-8-19-5-4-12(13)20-16(21)10-7-11(17)14(18)9-3-2-6-23-15(9)10/h7,12-13,19H,2-6,8,18H2,1H3,(H,20,21)/t12-,13+/m1/s1. The first-order chi connectivity index (χ1) is 11.1. The molecule has 1 aromatic carbocycles. The number of anilines is 1. The Bertz CT molecular complexity index is 609. The molecular formula is C16H22ClN3O3. The zero-order chi connectivity index (χ0) is 16.4. The first kappa shape index (κ1) is 16.4. The van der Waals surface area contributed by atoms with Gasteiger partial charge in [0.2, 0.25) is 0 Å². The number of rotatable bonds is 3. The lowest BCUT2D eigenvalue weighted by molar-refractivity contribution is 0.0475. The number of nitrogens with one attached hydrogen (secondary N) is 2. The summed E-state index contributed by atoms with van der Waals surface area (Å²) in [7, 11) is 1.65. The van der Waals surface area contributed by atoms with Gasteiger partial charge < -0.3 is 25.8 Å². The number of carbonyl (C=O) groups is 1. The molecule has 0 aromatic heterocycles. The van der Waals surface area contributed by atoms with Crippen LogP contribution in [0.1, 0.15) is 28.8 Å². The molecule has 6 nitrogen and oxygen atoms in total. The molecule has 2 heterocycles. The molecule has 2 aliphatic rings. The molecule has 0 saturated carbocycles. The van der Waals surface area contributed by atoms with E-state index in [1.54, 1.807) is 13.2 Å². The van der Waals surface area contributed by atoms with E-state index in [-0.39, 0.29) is 18.1 Å². The molecule has 2 aliphatic heterocycles. The normalized spacial score (nSPS) is 23.7. The summed E-state index contributed by atoms with van der Waals surface area (Å²) in [6.45, 7) is 2.16. The fourth-order valence-corrected chi connectivity index (χ4v) is 3.42. The van der Waals surface area contributed by atoms with Gasteiger partial charge in [0.25, 0.3) is 5.91 Å². The molecule has 0 unspecified atom stereocenters. The minimum atomic E-state index is -0.195. The third-order valence-corrected chi connectivity index (χ3v) is 4.79. The van der Waals surface area contributed by atoms with E-state index in [1.807, 2.05) is 0 Å². The van der Waals surface area contributed by atoms with Gasteiger partial charge in [-0.05, 0) is 31.9 Å². The molecule has 0 bridgehead atoms. The van der Waals surface area contributed by atoms with E-state index in [9.17, 15) is 4.79 Å². The highest BCUT2D eigenvalue weighted by molar-refractivity contribution is 6.33. The largest absolute Gasteiger partial charge is 0.492 e. The second-order valence-corrected chi connectivity index (χ2v) is 6.33. The average molecular weight is 340 g/mol. The number of hydrogen-bond acceptors (Lipinski definition) is 5. The monoisotopic (exact) mass is 339 g/mol. The molecule has 1 amide bonds. The Morgan fingerprint density at radius 3 is 3.17 bits per heavy atom. The number of methoxy groups -OCH3 is 1. The van der Waals surface area contributed by atoms with Crippen LogP contribution in [0.2, 0.25) is 5.02 Å². The molecular weight excluding hydrogens is 318 g/mol. The van der Waals surface area contributed by atoms with E-state index in [2.05, 4.69) is 10.6 Å². The van der Waals surface area contributed by atoms with E-state index in [0.29, 0.717) is 28.6 Å². The van der Waals surface area contributed by atoms with Gasteiger partial charge in [0.1, 0.15) is 5.75 Å². The van der Waals surface area contributed by atoms with Crippen LogP contribution in [0.4, 0.5) is 5.69 Å². The van der Waals surface area contributed by atoms with Crippen LogP contribution < -0.4 is 21.1 Å². The van der Waals surface area contributed by atoms with Gasteiger partial charge >= 0.3 is 0 Å². The Labute approximate surface area is 140 Å². The van der Waals surface area contributed by atoms with Gasteiger partial charge in [-0.1, -0.05) is 11.6 Å². The van der Waals surface area contributed by atoms with Crippen LogP contribution >= 0.6 is 11.6 Å². The Kier molecular flexibility index (Phi) is 4.94. The van der Waals surface area contributed by atoms with Crippen molar-refractivity contribution in [3.8, 4) is 5.75 Å². The van der Waals surface area contributed by atoms with Crippen molar-refractivity contribution in [2.45, 2.75) is 31.4 Å². The van der Waals surface area contributed by atoms with Crippen molar-refractivity contribution in [1.29, 1.82) is 0 Å². The molecule has 126 valence electrons. The van der Waals surface area contributed by atoms with Gasteiger partial charge in [-0.25, -0.2) is 0 Å². The number of nitrogens with two attached hydrogens (primary N) is 1. The fourth-order valence-electron chi connectivity index (χ4n) is 3.19. The lowest BCUT2D eigenvalue weighted by Gasteiger charge is -2.32. The van der Waals surface area contributed by atoms with Gasteiger partial charge in [0.05, 0.1) is 35.0 Å². The number of halogens is 1. The number of ether oxygens (including phenoxy) is 2. The number of benzene rings is 1. The number of nitrogen functional groups attached to an aromatic ring is 1. The van der Waals surface area contributed by atoms with Crippen molar-refractivity contribution in [2.75, 3.05) is 32.5 Å². The van der Waals surface area contributed by atoms with Crippen molar-refractivity contribution < 1.29 is 14.3 Å². The predicted molar refractivity (Wildman–Crippen MR) is 89.2 cm³/mol. The topological polar surface area (TPSA) is 85.6 Å². The maximum atomic E-state index is 12.7. The third-order valence-electron chi connectivity index (χ3n) is 4.48. The van der Waals surface area contributed by atoms with Crippen LogP contribution in [0.3, 0.4) is 0 Å². The van der Waals surface area contributed by atoms with Gasteiger partial charge in [0.15, 0.2) is 0 Å². The lowest BCUT2D eigenvalue weighted by Crippen LogP contribution is -2.53. The number of fused-ring (bicyclic) bond motifs is 1. The molecule has 2 atom stereocenters. The summed E-state index contributed by atoms with van der Waals surface area (Å²) in [5.41, 5.74) is 7.82. The molecule has 3 rings (SSSR count). The maximum Gasteiger partial charge on any atom is 0.255 e. The van der Waals surface area contributed by atoms with Gasteiger partial charge in [-0.15, -0.1) is 0 Å². The molecule has 23 heavy (non-hydrogen) atoms. The van der Waals surface area contributed by atoms with E-state index in [0.717, 1.165) is 37.9 Å². The van der Waals surface area contributed by atoms with Gasteiger partial charge in [0, 0.05) is 19.2 Å². The van der Waals surface area contributed by atoms with Crippen LogP contribution in [0, 0.1) is 0 Å². The van der Waals surface area contributed by atoms with Crippen LogP contribution in [0.25, 0.3) is 0 Å². The second-order valence-electron chi connectivity index (χ2n) is 5.93. The summed E-state index contributed by atoms with van der Waals surface area (Å²) in [4.78, 5) is 12.7. The third kappa shape index (κ3) is 3.24. The van der Waals surface area contributed by atoms with Crippen LogP contribution in [0.5, 0.6) is 5.75 Å². The average Bonchev–Trinajstić information content (AvgIpc) is 2.58. The first-order valence-electron chi connectivity index (χ1n) is 7.90. The molecule has 1 aromatic rings.